The van der Waals surface area contributed by atoms with Gasteiger partial charge in [-0.05, 0) is 59.7 Å². The number of hydrogen-bond donors (Lipinski definition) is 3. The molecule has 0 spiro atoms. The molecule has 4 nitrogen and oxygen atoms in total. The van der Waals surface area contributed by atoms with Gasteiger partial charge in [-0.3, -0.25) is 10.1 Å². The molecule has 0 unspecified atom stereocenters. The lowest BCUT2D eigenvalue weighted by atomic mass is 9.88. The number of aliphatic hydroxyl groups is 1. The normalized spacial score (nSPS) is 13.0. The maximum Gasteiger partial charge on any atom is 0.257 e. The predicted octanol–water partition coefficient (Wildman–Crippen LogP) is 3.63. The van der Waals surface area contributed by atoms with Crippen LogP contribution >= 0.6 is 28.1 Å². The zero-order chi connectivity index (χ0) is 19.3. The number of aliphatic hydroxyl groups excluding tert-OH is 1. The van der Waals surface area contributed by atoms with Crippen molar-refractivity contribution < 1.29 is 18.7 Å². The summed E-state index contributed by atoms with van der Waals surface area (Å²) in [6.07, 6.45) is 0.0866. The van der Waals surface area contributed by atoms with Crippen molar-refractivity contribution in [2.45, 2.75) is 18.9 Å². The summed E-state index contributed by atoms with van der Waals surface area (Å²) in [5.74, 6) is -1.95. The van der Waals surface area contributed by atoms with E-state index in [1.54, 1.807) is 37.3 Å². The molecule has 0 saturated carbocycles. The Kier molecular flexibility index (Phi) is 6.80. The topological polar surface area (TPSA) is 61.4 Å². The van der Waals surface area contributed by atoms with E-state index in [2.05, 4.69) is 26.6 Å². The van der Waals surface area contributed by atoms with Crippen LogP contribution in [0.25, 0.3) is 0 Å². The molecule has 0 fully saturated rings. The zero-order valence-corrected chi connectivity index (χ0v) is 16.3. The number of thiocarbonyl (C=S) groups is 1. The molecule has 26 heavy (non-hydrogen) atoms. The van der Waals surface area contributed by atoms with Gasteiger partial charge in [0.05, 0.1) is 10.0 Å². The Labute approximate surface area is 163 Å². The van der Waals surface area contributed by atoms with Crippen LogP contribution in [0.3, 0.4) is 0 Å². The largest absolute Gasteiger partial charge is 0.396 e. The minimum absolute atomic E-state index is 0.0327. The lowest BCUT2D eigenvalue weighted by Crippen LogP contribution is -2.50. The molecule has 0 aromatic heterocycles. The molecule has 0 heterocycles. The molecule has 0 radical (unpaired) electrons. The van der Waals surface area contributed by atoms with Crippen LogP contribution in [0.1, 0.15) is 29.3 Å². The molecule has 1 atom stereocenters. The summed E-state index contributed by atoms with van der Waals surface area (Å²) >= 11 is 8.19. The van der Waals surface area contributed by atoms with Crippen molar-refractivity contribution in [3.05, 3.63) is 69.7 Å². The van der Waals surface area contributed by atoms with Crippen molar-refractivity contribution >= 4 is 39.2 Å². The number of carbonyl (C=O) groups excluding carboxylic acids is 1. The van der Waals surface area contributed by atoms with Crippen LogP contribution in [0, 0.1) is 11.6 Å². The van der Waals surface area contributed by atoms with Crippen LogP contribution in [0.15, 0.2) is 46.9 Å². The lowest BCUT2D eigenvalue weighted by Gasteiger charge is -2.32. The van der Waals surface area contributed by atoms with E-state index in [0.29, 0.717) is 5.56 Å². The highest BCUT2D eigenvalue weighted by molar-refractivity contribution is 9.10. The second-order valence-electron chi connectivity index (χ2n) is 5.83. The van der Waals surface area contributed by atoms with Crippen molar-refractivity contribution in [2.75, 3.05) is 6.61 Å². The van der Waals surface area contributed by atoms with Gasteiger partial charge >= 0.3 is 0 Å². The summed E-state index contributed by atoms with van der Waals surface area (Å²) in [6, 6.07) is 10.5. The molecular weight excluding hydrogens is 426 g/mol. The first-order valence-electron chi connectivity index (χ1n) is 7.71. The Balaban J connectivity index is 2.23. The minimum atomic E-state index is -1.16. The molecule has 2 aromatic carbocycles. The van der Waals surface area contributed by atoms with Gasteiger partial charge in [-0.2, -0.15) is 0 Å². The van der Waals surface area contributed by atoms with Crippen LogP contribution < -0.4 is 10.6 Å². The number of hydrogen-bond acceptors (Lipinski definition) is 3. The summed E-state index contributed by atoms with van der Waals surface area (Å²) in [5.41, 5.74) is -0.636. The lowest BCUT2D eigenvalue weighted by molar-refractivity contribution is 0.0976. The summed E-state index contributed by atoms with van der Waals surface area (Å²) in [5, 5.41) is 14.7. The van der Waals surface area contributed by atoms with Gasteiger partial charge in [-0.25, -0.2) is 8.78 Å². The number of carbonyl (C=O) groups is 1. The molecule has 0 saturated heterocycles. The number of amides is 1. The van der Waals surface area contributed by atoms with Gasteiger partial charge in [0.2, 0.25) is 0 Å². The monoisotopic (exact) mass is 442 g/mol. The summed E-state index contributed by atoms with van der Waals surface area (Å²) in [7, 11) is 0. The molecule has 0 aliphatic heterocycles. The first-order valence-corrected chi connectivity index (χ1v) is 8.91. The highest BCUT2D eigenvalue weighted by Gasteiger charge is 2.31. The van der Waals surface area contributed by atoms with E-state index >= 15 is 0 Å². The van der Waals surface area contributed by atoms with Gasteiger partial charge in [0.25, 0.3) is 5.91 Å². The van der Waals surface area contributed by atoms with Crippen molar-refractivity contribution in [1.29, 1.82) is 0 Å². The zero-order valence-electron chi connectivity index (χ0n) is 13.9. The first-order chi connectivity index (χ1) is 12.3. The SMILES string of the molecule is C[C@@](CCO)(NC(=S)NC(=O)c1ccccc1)c1cc(Br)c(F)cc1F. The van der Waals surface area contributed by atoms with Crippen molar-refractivity contribution in [3.63, 3.8) is 0 Å². The van der Waals surface area contributed by atoms with Crippen LogP contribution in [0.5, 0.6) is 0 Å². The fourth-order valence-electron chi connectivity index (χ4n) is 2.48. The molecule has 2 rings (SSSR count). The first kappa shape index (κ1) is 20.4. The van der Waals surface area contributed by atoms with E-state index < -0.39 is 23.1 Å². The van der Waals surface area contributed by atoms with E-state index in [1.807, 2.05) is 0 Å². The predicted molar refractivity (Wildman–Crippen MR) is 103 cm³/mol. The fraction of sp³-hybridized carbons (Fsp3) is 0.222. The minimum Gasteiger partial charge on any atom is -0.396 e. The molecule has 2 aromatic rings. The van der Waals surface area contributed by atoms with Gasteiger partial charge in [0, 0.05) is 23.8 Å². The van der Waals surface area contributed by atoms with Crippen molar-refractivity contribution in [3.8, 4) is 0 Å². The van der Waals surface area contributed by atoms with E-state index in [4.69, 9.17) is 12.2 Å². The van der Waals surface area contributed by atoms with Gasteiger partial charge in [0.15, 0.2) is 5.11 Å². The van der Waals surface area contributed by atoms with Crippen LogP contribution in [-0.4, -0.2) is 22.7 Å². The summed E-state index contributed by atoms with van der Waals surface area (Å²) in [4.78, 5) is 12.2. The number of benzene rings is 2. The second kappa shape index (κ2) is 8.66. The van der Waals surface area contributed by atoms with Gasteiger partial charge in [0.1, 0.15) is 11.6 Å². The Morgan fingerprint density at radius 2 is 1.88 bits per heavy atom. The third-order valence-electron chi connectivity index (χ3n) is 3.87. The smallest absolute Gasteiger partial charge is 0.257 e. The fourth-order valence-corrected chi connectivity index (χ4v) is 3.14. The third kappa shape index (κ3) is 4.84. The van der Waals surface area contributed by atoms with E-state index in [0.717, 1.165) is 6.07 Å². The Morgan fingerprint density at radius 3 is 2.50 bits per heavy atom. The van der Waals surface area contributed by atoms with Crippen molar-refractivity contribution in [1.82, 2.24) is 10.6 Å². The molecule has 138 valence electrons. The number of nitrogens with one attached hydrogen (secondary N) is 2. The number of halogens is 3. The Morgan fingerprint density at radius 1 is 1.23 bits per heavy atom. The third-order valence-corrected chi connectivity index (χ3v) is 4.68. The summed E-state index contributed by atoms with van der Waals surface area (Å²) in [6.45, 7) is 1.33. The molecule has 0 aliphatic rings. The quantitative estimate of drug-likeness (QED) is 0.488. The molecule has 1 amide bonds. The van der Waals surface area contributed by atoms with Gasteiger partial charge in [-0.1, -0.05) is 18.2 Å². The van der Waals surface area contributed by atoms with Crippen LogP contribution in [0.2, 0.25) is 0 Å². The highest BCUT2D eigenvalue weighted by Crippen LogP contribution is 2.31. The second-order valence-corrected chi connectivity index (χ2v) is 7.09. The maximum atomic E-state index is 14.3. The standard InChI is InChI=1S/C18H17BrF2N2O2S/c1-18(7-8-24,12-9-13(19)15(21)10-14(12)20)23-17(26)22-16(25)11-5-3-2-4-6-11/h2-6,9-10,24H,7-8H2,1H3,(H2,22,23,25,26)/t18-/m0/s1. The Hall–Kier alpha value is -1.90. The van der Waals surface area contributed by atoms with E-state index in [-0.39, 0.29) is 28.2 Å². The molecule has 0 aliphatic carbocycles. The molecule has 3 N–H and O–H groups in total. The van der Waals surface area contributed by atoms with Crippen LogP contribution in [-0.2, 0) is 5.54 Å². The van der Waals surface area contributed by atoms with E-state index in [1.165, 1.54) is 6.07 Å². The van der Waals surface area contributed by atoms with Gasteiger partial charge < -0.3 is 10.4 Å². The Bertz CT molecular complexity index is 820. The molecular formula is C18H17BrF2N2O2S. The van der Waals surface area contributed by atoms with Crippen molar-refractivity contribution in [2.24, 2.45) is 0 Å². The van der Waals surface area contributed by atoms with Crippen LogP contribution in [0.4, 0.5) is 8.78 Å². The summed E-state index contributed by atoms with van der Waals surface area (Å²) < 4.78 is 27.9. The average Bonchev–Trinajstić information content (AvgIpc) is 2.58. The van der Waals surface area contributed by atoms with Gasteiger partial charge in [-0.15, -0.1) is 0 Å². The van der Waals surface area contributed by atoms with E-state index in [9.17, 15) is 18.7 Å². The number of rotatable bonds is 5. The average molecular weight is 443 g/mol. The maximum absolute atomic E-state index is 14.3. The molecule has 8 heteroatoms. The molecule has 0 bridgehead atoms. The highest BCUT2D eigenvalue weighted by atomic mass is 79.9.